The van der Waals surface area contributed by atoms with Crippen LogP contribution in [-0.2, 0) is 15.4 Å². The average Bonchev–Trinajstić information content (AvgIpc) is 2.14. The van der Waals surface area contributed by atoms with Crippen LogP contribution in [-0.4, -0.2) is 19.5 Å². The van der Waals surface area contributed by atoms with Gasteiger partial charge in [-0.25, -0.2) is 18.4 Å². The van der Waals surface area contributed by atoms with Gasteiger partial charge in [-0.15, -0.1) is 0 Å². The van der Waals surface area contributed by atoms with Gasteiger partial charge in [0, 0.05) is 0 Å². The molecule has 0 spiro atoms. The van der Waals surface area contributed by atoms with E-state index in [1.54, 1.807) is 0 Å². The second-order valence-electron chi connectivity index (χ2n) is 4.81. The molecule has 0 saturated carbocycles. The zero-order valence-corrected chi connectivity index (χ0v) is 10.7. The third-order valence-electron chi connectivity index (χ3n) is 2.36. The summed E-state index contributed by atoms with van der Waals surface area (Å²) in [4.78, 5) is 10.9. The second-order valence-corrected chi connectivity index (χ2v) is 6.37. The van der Waals surface area contributed by atoms with Crippen molar-refractivity contribution in [2.24, 2.45) is 5.14 Å². The molecule has 0 radical (unpaired) electrons. The van der Waals surface area contributed by atoms with Gasteiger partial charge in [-0.1, -0.05) is 26.8 Å². The summed E-state index contributed by atoms with van der Waals surface area (Å²) in [6, 6.07) is 3.91. The minimum Gasteiger partial charge on any atom is -0.478 e. The van der Waals surface area contributed by atoms with Gasteiger partial charge in [0.25, 0.3) is 0 Å². The summed E-state index contributed by atoms with van der Waals surface area (Å²) >= 11 is 0. The summed E-state index contributed by atoms with van der Waals surface area (Å²) in [6.07, 6.45) is 0. The predicted octanol–water partition coefficient (Wildman–Crippen LogP) is 1.33. The lowest BCUT2D eigenvalue weighted by Gasteiger charge is -2.21. The number of carbonyl (C=O) groups is 1. The monoisotopic (exact) mass is 257 g/mol. The standard InChI is InChI=1S/C11H15NO4S/c1-11(2,3)9-5-4-7(17(12,15)16)6-8(9)10(13)14/h4-6H,1-3H3,(H,13,14)(H2,12,15,16). The fourth-order valence-electron chi connectivity index (χ4n) is 1.53. The molecule has 3 N–H and O–H groups in total. The third-order valence-corrected chi connectivity index (χ3v) is 3.27. The molecule has 0 aliphatic carbocycles. The van der Waals surface area contributed by atoms with E-state index in [0.717, 1.165) is 6.07 Å². The Balaban J connectivity index is 3.54. The zero-order chi connectivity index (χ0) is 13.4. The predicted molar refractivity (Wildman–Crippen MR) is 63.5 cm³/mol. The third kappa shape index (κ3) is 3.04. The summed E-state index contributed by atoms with van der Waals surface area (Å²) in [5.41, 5.74) is 0.145. The van der Waals surface area contributed by atoms with Crippen molar-refractivity contribution in [3.8, 4) is 0 Å². The molecule has 0 aromatic heterocycles. The van der Waals surface area contributed by atoms with Crippen LogP contribution in [0.1, 0.15) is 36.7 Å². The first-order chi connectivity index (χ1) is 7.53. The van der Waals surface area contributed by atoms with E-state index in [9.17, 15) is 13.2 Å². The molecule has 94 valence electrons. The minimum absolute atomic E-state index is 0.0379. The van der Waals surface area contributed by atoms with Crippen molar-refractivity contribution < 1.29 is 18.3 Å². The van der Waals surface area contributed by atoms with Crippen molar-refractivity contribution in [3.05, 3.63) is 29.3 Å². The Labute approximate surface area is 100 Å². The number of carboxylic acids is 1. The van der Waals surface area contributed by atoms with Crippen LogP contribution in [0.3, 0.4) is 0 Å². The highest BCUT2D eigenvalue weighted by atomic mass is 32.2. The summed E-state index contributed by atoms with van der Waals surface area (Å²) in [7, 11) is -3.88. The van der Waals surface area contributed by atoms with Gasteiger partial charge < -0.3 is 5.11 Å². The van der Waals surface area contributed by atoms with Crippen LogP contribution in [0.25, 0.3) is 0 Å². The van der Waals surface area contributed by atoms with E-state index in [0.29, 0.717) is 5.56 Å². The lowest BCUT2D eigenvalue weighted by molar-refractivity contribution is 0.0694. The lowest BCUT2D eigenvalue weighted by atomic mass is 9.84. The molecule has 0 atom stereocenters. The highest BCUT2D eigenvalue weighted by molar-refractivity contribution is 7.89. The zero-order valence-electron chi connectivity index (χ0n) is 9.89. The smallest absolute Gasteiger partial charge is 0.336 e. The first-order valence-electron chi connectivity index (χ1n) is 4.94. The van der Waals surface area contributed by atoms with Gasteiger partial charge in [0.15, 0.2) is 0 Å². The SMILES string of the molecule is CC(C)(C)c1ccc(S(N)(=O)=O)cc1C(=O)O. The van der Waals surface area contributed by atoms with Gasteiger partial charge in [0.1, 0.15) is 0 Å². The van der Waals surface area contributed by atoms with Gasteiger partial charge in [-0.05, 0) is 23.1 Å². The van der Waals surface area contributed by atoms with Crippen molar-refractivity contribution in [2.75, 3.05) is 0 Å². The Morgan fingerprint density at radius 3 is 2.18 bits per heavy atom. The molecule has 1 aromatic carbocycles. The molecular weight excluding hydrogens is 242 g/mol. The summed E-state index contributed by atoms with van der Waals surface area (Å²) in [5.74, 6) is -1.17. The Morgan fingerprint density at radius 2 is 1.82 bits per heavy atom. The summed E-state index contributed by atoms with van der Waals surface area (Å²) in [6.45, 7) is 5.56. The molecular formula is C11H15NO4S. The maximum absolute atomic E-state index is 11.2. The van der Waals surface area contributed by atoms with Gasteiger partial charge in [-0.3, -0.25) is 0 Å². The molecule has 0 fully saturated rings. The minimum atomic E-state index is -3.88. The number of carboxylic acid groups (broad SMARTS) is 1. The van der Waals surface area contributed by atoms with Crippen molar-refractivity contribution in [3.63, 3.8) is 0 Å². The molecule has 0 saturated heterocycles. The molecule has 6 heteroatoms. The molecule has 0 aliphatic rings. The maximum Gasteiger partial charge on any atom is 0.336 e. The van der Waals surface area contributed by atoms with E-state index in [1.807, 2.05) is 20.8 Å². The Morgan fingerprint density at radius 1 is 1.29 bits per heavy atom. The largest absolute Gasteiger partial charge is 0.478 e. The molecule has 17 heavy (non-hydrogen) atoms. The summed E-state index contributed by atoms with van der Waals surface area (Å²) in [5, 5.41) is 14.0. The topological polar surface area (TPSA) is 97.5 Å². The molecule has 1 rings (SSSR count). The van der Waals surface area contributed by atoms with Crippen LogP contribution in [0.15, 0.2) is 23.1 Å². The van der Waals surface area contributed by atoms with Crippen molar-refractivity contribution in [2.45, 2.75) is 31.1 Å². The van der Waals surface area contributed by atoms with Crippen LogP contribution in [0.2, 0.25) is 0 Å². The number of sulfonamides is 1. The van der Waals surface area contributed by atoms with Crippen LogP contribution >= 0.6 is 0 Å². The van der Waals surface area contributed by atoms with Crippen LogP contribution in [0.4, 0.5) is 0 Å². The number of hydrogen-bond donors (Lipinski definition) is 2. The van der Waals surface area contributed by atoms with Crippen LogP contribution < -0.4 is 5.14 Å². The normalized spacial score (nSPS) is 12.5. The number of primary sulfonamides is 1. The first kappa shape index (κ1) is 13.7. The first-order valence-corrected chi connectivity index (χ1v) is 6.49. The highest BCUT2D eigenvalue weighted by Gasteiger charge is 2.23. The van der Waals surface area contributed by atoms with E-state index in [1.165, 1.54) is 12.1 Å². The number of aromatic carboxylic acids is 1. The van der Waals surface area contributed by atoms with E-state index < -0.39 is 16.0 Å². The molecule has 0 unspecified atom stereocenters. The van der Waals surface area contributed by atoms with Crippen molar-refractivity contribution in [1.82, 2.24) is 0 Å². The van der Waals surface area contributed by atoms with Gasteiger partial charge >= 0.3 is 5.97 Å². The van der Waals surface area contributed by atoms with Crippen LogP contribution in [0.5, 0.6) is 0 Å². The van der Waals surface area contributed by atoms with E-state index in [4.69, 9.17) is 10.2 Å². The average molecular weight is 257 g/mol. The molecule has 0 heterocycles. The van der Waals surface area contributed by atoms with E-state index >= 15 is 0 Å². The highest BCUT2D eigenvalue weighted by Crippen LogP contribution is 2.27. The van der Waals surface area contributed by atoms with E-state index in [-0.39, 0.29) is 15.9 Å². The van der Waals surface area contributed by atoms with Crippen LogP contribution in [0, 0.1) is 0 Å². The van der Waals surface area contributed by atoms with Gasteiger partial charge in [0.2, 0.25) is 10.0 Å². The Kier molecular flexibility index (Phi) is 3.31. The maximum atomic E-state index is 11.2. The Hall–Kier alpha value is -1.40. The molecule has 1 aromatic rings. The molecule has 0 bridgehead atoms. The molecule has 5 nitrogen and oxygen atoms in total. The quantitative estimate of drug-likeness (QED) is 0.835. The number of nitrogens with two attached hydrogens (primary N) is 1. The van der Waals surface area contributed by atoms with Gasteiger partial charge in [0.05, 0.1) is 10.5 Å². The molecule has 0 amide bonds. The number of benzene rings is 1. The summed E-state index contributed by atoms with van der Waals surface area (Å²) < 4.78 is 22.3. The lowest BCUT2D eigenvalue weighted by Crippen LogP contribution is -2.19. The number of hydrogen-bond acceptors (Lipinski definition) is 3. The van der Waals surface area contributed by atoms with Crippen molar-refractivity contribution in [1.29, 1.82) is 0 Å². The van der Waals surface area contributed by atoms with Gasteiger partial charge in [-0.2, -0.15) is 0 Å². The molecule has 0 aliphatic heterocycles. The Bertz CT molecular complexity index is 555. The second kappa shape index (κ2) is 4.12. The fraction of sp³-hybridized carbons (Fsp3) is 0.364. The van der Waals surface area contributed by atoms with E-state index in [2.05, 4.69) is 0 Å². The van der Waals surface area contributed by atoms with Crippen molar-refractivity contribution >= 4 is 16.0 Å². The number of rotatable bonds is 2. The fourth-order valence-corrected chi connectivity index (χ4v) is 2.07.